The van der Waals surface area contributed by atoms with Crippen molar-refractivity contribution in [1.82, 2.24) is 0 Å². The highest BCUT2D eigenvalue weighted by molar-refractivity contribution is 6.53. The summed E-state index contributed by atoms with van der Waals surface area (Å²) >= 11 is 31.0. The minimum absolute atomic E-state index is 0.280. The molecule has 10 heteroatoms. The molecule has 0 heterocycles. The minimum Gasteiger partial charge on any atom is -0.326 e. The summed E-state index contributed by atoms with van der Waals surface area (Å²) in [5.74, 6) is -2.03. The van der Waals surface area contributed by atoms with Crippen molar-refractivity contribution < 1.29 is 9.59 Å². The van der Waals surface area contributed by atoms with E-state index in [1.807, 2.05) is 6.07 Å². The molecule has 4 rings (SSSR count). The number of halogens is 5. The van der Waals surface area contributed by atoms with Crippen LogP contribution in [0, 0.1) is 22.7 Å². The van der Waals surface area contributed by atoms with Gasteiger partial charge in [0.05, 0.1) is 22.7 Å². The van der Waals surface area contributed by atoms with Crippen molar-refractivity contribution in [1.29, 1.82) is 5.26 Å². The molecule has 2 N–H and O–H groups in total. The molecule has 2 amide bonds. The average Bonchev–Trinajstić information content (AvgIpc) is 3.58. The highest BCUT2D eigenvalue weighted by Crippen LogP contribution is 2.65. The van der Waals surface area contributed by atoms with Gasteiger partial charge in [0, 0.05) is 21.7 Å². The van der Waals surface area contributed by atoms with Crippen molar-refractivity contribution in [2.45, 2.75) is 23.1 Å². The van der Waals surface area contributed by atoms with E-state index >= 15 is 0 Å². The maximum absolute atomic E-state index is 12.9. The van der Waals surface area contributed by atoms with Crippen LogP contribution in [-0.2, 0) is 9.59 Å². The molecule has 0 radical (unpaired) electrons. The number of rotatable bonds is 5. The molecule has 2 aromatic carbocycles. The minimum atomic E-state index is -1.31. The fraction of sp³-hybridized carbons (Fsp3) is 0.286. The quantitative estimate of drug-likeness (QED) is 0.450. The molecule has 2 aliphatic carbocycles. The van der Waals surface area contributed by atoms with Gasteiger partial charge in [-0.05, 0) is 54.8 Å². The summed E-state index contributed by atoms with van der Waals surface area (Å²) in [6, 6.07) is 11.6. The predicted molar refractivity (Wildman–Crippen MR) is 123 cm³/mol. The lowest BCUT2D eigenvalue weighted by Gasteiger charge is -2.12. The molecule has 0 spiro atoms. The van der Waals surface area contributed by atoms with E-state index in [1.54, 1.807) is 24.3 Å². The van der Waals surface area contributed by atoms with Crippen LogP contribution in [0.1, 0.15) is 24.3 Å². The second kappa shape index (κ2) is 8.03. The number of carbonyl (C=O) groups is 2. The van der Waals surface area contributed by atoms with E-state index in [2.05, 4.69) is 10.6 Å². The molecule has 2 unspecified atom stereocenters. The Morgan fingerprint density at radius 2 is 1.65 bits per heavy atom. The van der Waals surface area contributed by atoms with E-state index in [9.17, 15) is 14.9 Å². The number of nitriles is 1. The van der Waals surface area contributed by atoms with Crippen LogP contribution in [0.15, 0.2) is 36.4 Å². The van der Waals surface area contributed by atoms with Crippen LogP contribution in [0.5, 0.6) is 0 Å². The van der Waals surface area contributed by atoms with Crippen molar-refractivity contribution in [3.8, 4) is 6.07 Å². The molecule has 0 saturated heterocycles. The molecule has 0 aliphatic heterocycles. The van der Waals surface area contributed by atoms with E-state index in [-0.39, 0.29) is 5.02 Å². The topological polar surface area (TPSA) is 82.0 Å². The van der Waals surface area contributed by atoms with Gasteiger partial charge in [-0.3, -0.25) is 9.59 Å². The largest absolute Gasteiger partial charge is 0.326 e. The molecule has 160 valence electrons. The SMILES string of the molecule is N#CC1(C(=O)Nc2cc(NC(=O)C3C(c4cc(Cl)cc(Cl)c4)C3(Cl)Cl)ccc2Cl)CC1. The summed E-state index contributed by atoms with van der Waals surface area (Å²) in [7, 11) is 0. The van der Waals surface area contributed by atoms with Gasteiger partial charge >= 0.3 is 0 Å². The van der Waals surface area contributed by atoms with Crippen molar-refractivity contribution in [3.05, 3.63) is 57.0 Å². The number of amides is 2. The van der Waals surface area contributed by atoms with E-state index in [0.29, 0.717) is 39.8 Å². The highest BCUT2D eigenvalue weighted by Gasteiger charge is 2.67. The van der Waals surface area contributed by atoms with Crippen molar-refractivity contribution in [2.24, 2.45) is 11.3 Å². The fourth-order valence-electron chi connectivity index (χ4n) is 3.50. The number of benzene rings is 2. The number of anilines is 2. The van der Waals surface area contributed by atoms with Gasteiger partial charge in [-0.15, -0.1) is 23.2 Å². The fourth-order valence-corrected chi connectivity index (χ4v) is 5.03. The lowest BCUT2D eigenvalue weighted by atomic mass is 10.1. The second-order valence-electron chi connectivity index (χ2n) is 7.66. The van der Waals surface area contributed by atoms with Crippen LogP contribution in [0.3, 0.4) is 0 Å². The van der Waals surface area contributed by atoms with Gasteiger partial charge in [0.15, 0.2) is 0 Å². The number of hydrogen-bond donors (Lipinski definition) is 2. The summed E-state index contributed by atoms with van der Waals surface area (Å²) < 4.78 is -1.31. The maximum Gasteiger partial charge on any atom is 0.244 e. The first-order chi connectivity index (χ1) is 14.6. The lowest BCUT2D eigenvalue weighted by molar-refractivity contribution is -0.119. The molecule has 5 nitrogen and oxygen atoms in total. The Hall–Kier alpha value is -1.68. The number of nitrogens with zero attached hydrogens (tertiary/aromatic N) is 1. The number of nitrogens with one attached hydrogen (secondary N) is 2. The standard InChI is InChI=1S/C21H14Cl5N3O2/c22-11-5-10(6-12(23)7-11)16-17(21(16,25)26)18(30)28-13-1-2-14(24)15(8-13)29-19(31)20(9-27)3-4-20/h1-2,5-8,16-17H,3-4H2,(H,28,30)(H,29,31). The normalized spacial score (nSPS) is 22.2. The zero-order chi connectivity index (χ0) is 22.6. The average molecular weight is 518 g/mol. The van der Waals surface area contributed by atoms with E-state index < -0.39 is 33.4 Å². The summed E-state index contributed by atoms with van der Waals surface area (Å²) in [4.78, 5) is 25.2. The second-order valence-corrected chi connectivity index (χ2v) is 10.4. The molecule has 0 bridgehead atoms. The molecule has 31 heavy (non-hydrogen) atoms. The van der Waals surface area contributed by atoms with Gasteiger partial charge in [0.25, 0.3) is 0 Å². The Balaban J connectivity index is 1.50. The van der Waals surface area contributed by atoms with Crippen LogP contribution in [-0.4, -0.2) is 16.1 Å². The summed E-state index contributed by atoms with van der Waals surface area (Å²) in [6.45, 7) is 0. The van der Waals surface area contributed by atoms with Gasteiger partial charge in [-0.1, -0.05) is 34.8 Å². The molecule has 2 atom stereocenters. The van der Waals surface area contributed by atoms with Crippen LogP contribution in [0.2, 0.25) is 15.1 Å². The lowest BCUT2D eigenvalue weighted by Crippen LogP contribution is -2.23. The first kappa shape index (κ1) is 22.5. The van der Waals surface area contributed by atoms with Crippen LogP contribution in [0.25, 0.3) is 0 Å². The smallest absolute Gasteiger partial charge is 0.244 e. The Labute approximate surface area is 203 Å². The third kappa shape index (κ3) is 4.33. The Bertz CT molecular complexity index is 1120. The summed E-state index contributed by atoms with van der Waals surface area (Å²) in [5.41, 5.74) is 0.352. The third-order valence-corrected chi connectivity index (χ3v) is 7.17. The van der Waals surface area contributed by atoms with Gasteiger partial charge < -0.3 is 10.6 Å². The van der Waals surface area contributed by atoms with Crippen molar-refractivity contribution >= 4 is 81.2 Å². The molecule has 0 aromatic heterocycles. The van der Waals surface area contributed by atoms with Gasteiger partial charge in [0.1, 0.15) is 9.75 Å². The third-order valence-electron chi connectivity index (χ3n) is 5.46. The number of carbonyl (C=O) groups excluding carboxylic acids is 2. The van der Waals surface area contributed by atoms with Crippen LogP contribution in [0.4, 0.5) is 11.4 Å². The Morgan fingerprint density at radius 3 is 2.23 bits per heavy atom. The molecule has 2 aliphatic rings. The van der Waals surface area contributed by atoms with Gasteiger partial charge in [-0.2, -0.15) is 5.26 Å². The zero-order valence-corrected chi connectivity index (χ0v) is 19.5. The first-order valence-electron chi connectivity index (χ1n) is 9.24. The Kier molecular flexibility index (Phi) is 5.83. The van der Waals surface area contributed by atoms with Gasteiger partial charge in [0.2, 0.25) is 11.8 Å². The Morgan fingerprint density at radius 1 is 1.00 bits per heavy atom. The number of alkyl halides is 2. The molecule has 2 saturated carbocycles. The van der Waals surface area contributed by atoms with Gasteiger partial charge in [-0.25, -0.2) is 0 Å². The van der Waals surface area contributed by atoms with Crippen LogP contribution >= 0.6 is 58.0 Å². The summed E-state index contributed by atoms with van der Waals surface area (Å²) in [6.07, 6.45) is 1.01. The monoisotopic (exact) mass is 515 g/mol. The molecular formula is C21H14Cl5N3O2. The highest BCUT2D eigenvalue weighted by atomic mass is 35.5. The van der Waals surface area contributed by atoms with Crippen molar-refractivity contribution in [3.63, 3.8) is 0 Å². The molecule has 2 fully saturated rings. The van der Waals surface area contributed by atoms with E-state index in [0.717, 1.165) is 0 Å². The maximum atomic E-state index is 12.9. The van der Waals surface area contributed by atoms with E-state index in [1.165, 1.54) is 12.1 Å². The molecular weight excluding hydrogens is 504 g/mol. The number of hydrogen-bond acceptors (Lipinski definition) is 3. The summed E-state index contributed by atoms with van der Waals surface area (Å²) in [5, 5.41) is 15.7. The zero-order valence-electron chi connectivity index (χ0n) is 15.7. The first-order valence-corrected chi connectivity index (χ1v) is 11.1. The van der Waals surface area contributed by atoms with Crippen LogP contribution < -0.4 is 10.6 Å². The van der Waals surface area contributed by atoms with E-state index in [4.69, 9.17) is 58.0 Å². The van der Waals surface area contributed by atoms with Crippen molar-refractivity contribution in [2.75, 3.05) is 10.6 Å². The molecule has 2 aromatic rings. The predicted octanol–water partition coefficient (Wildman–Crippen LogP) is 6.42.